The van der Waals surface area contributed by atoms with Gasteiger partial charge in [0.05, 0.1) is 7.11 Å². The third-order valence-corrected chi connectivity index (χ3v) is 6.46. The average Bonchev–Trinajstić information content (AvgIpc) is 2.73. The maximum absolute atomic E-state index is 12.2. The maximum Gasteiger partial charge on any atom is 0.323 e. The van der Waals surface area contributed by atoms with Crippen LogP contribution in [0.3, 0.4) is 0 Å². The van der Waals surface area contributed by atoms with E-state index in [4.69, 9.17) is 0 Å². The first-order valence-corrected chi connectivity index (χ1v) is 8.76. The molecule has 0 radical (unpaired) electrons. The Hall–Kier alpha value is -0.440. The van der Waals surface area contributed by atoms with Gasteiger partial charge in [0.2, 0.25) is 0 Å². The molecule has 1 N–H and O–H groups in total. The van der Waals surface area contributed by atoms with Crippen LogP contribution in [0, 0.1) is 5.92 Å². The van der Waals surface area contributed by atoms with Crippen LogP contribution in [0.5, 0.6) is 0 Å². The molecule has 0 amide bonds. The summed E-state index contributed by atoms with van der Waals surface area (Å²) in [4.78, 5) is 11.6. The van der Waals surface area contributed by atoms with Crippen molar-refractivity contribution in [2.75, 3.05) is 7.11 Å². The predicted molar refractivity (Wildman–Crippen MR) is 77.6 cm³/mol. The van der Waals surface area contributed by atoms with Crippen LogP contribution in [0.1, 0.15) is 20.3 Å². The van der Waals surface area contributed by atoms with E-state index >= 15 is 0 Å². The lowest BCUT2D eigenvalue weighted by atomic mass is 10.1. The van der Waals surface area contributed by atoms with Crippen molar-refractivity contribution < 1.29 is 17.9 Å². The molecule has 0 saturated carbocycles. The molecule has 19 heavy (non-hydrogen) atoms. The zero-order chi connectivity index (χ0) is 14.6. The van der Waals surface area contributed by atoms with Gasteiger partial charge in [0, 0.05) is 4.47 Å². The maximum atomic E-state index is 12.2. The first kappa shape index (κ1) is 16.6. The number of sulfonamides is 1. The highest BCUT2D eigenvalue weighted by atomic mass is 79.9. The number of rotatable bonds is 6. The summed E-state index contributed by atoms with van der Waals surface area (Å²) in [5.74, 6) is -0.413. The molecule has 1 aromatic heterocycles. The van der Waals surface area contributed by atoms with E-state index in [1.165, 1.54) is 7.11 Å². The first-order valence-electron chi connectivity index (χ1n) is 5.61. The van der Waals surface area contributed by atoms with E-state index in [1.807, 2.05) is 13.8 Å². The van der Waals surface area contributed by atoms with Gasteiger partial charge in [-0.3, -0.25) is 4.79 Å². The number of methoxy groups -OCH3 is 1. The molecule has 0 aliphatic heterocycles. The zero-order valence-electron chi connectivity index (χ0n) is 10.8. The quantitative estimate of drug-likeness (QED) is 0.781. The minimum Gasteiger partial charge on any atom is -0.468 e. The van der Waals surface area contributed by atoms with Gasteiger partial charge in [-0.05, 0) is 39.7 Å². The molecule has 0 aliphatic rings. The van der Waals surface area contributed by atoms with Crippen molar-refractivity contribution in [2.45, 2.75) is 30.5 Å². The average molecular weight is 370 g/mol. The van der Waals surface area contributed by atoms with Gasteiger partial charge in [0.1, 0.15) is 10.3 Å². The molecule has 0 fully saturated rings. The second-order valence-electron chi connectivity index (χ2n) is 4.38. The highest BCUT2D eigenvalue weighted by Gasteiger charge is 2.28. The fourth-order valence-electron chi connectivity index (χ4n) is 1.52. The fraction of sp³-hybridized carbons (Fsp3) is 0.545. The second kappa shape index (κ2) is 6.83. The molecule has 0 bridgehead atoms. The third-order valence-electron chi connectivity index (χ3n) is 2.32. The van der Waals surface area contributed by atoms with Crippen LogP contribution in [0.4, 0.5) is 0 Å². The Bertz CT molecular complexity index is 539. The topological polar surface area (TPSA) is 72.5 Å². The normalized spacial score (nSPS) is 13.5. The lowest BCUT2D eigenvalue weighted by Gasteiger charge is -2.17. The standard InChI is InChI=1S/C11H16BrNO4S2/c1-7(2)6-9(10(14)17-3)13-19(15,16)11-8(12)4-5-18-11/h4-5,7,9,13H,6H2,1-3H3. The van der Waals surface area contributed by atoms with E-state index < -0.39 is 22.0 Å². The van der Waals surface area contributed by atoms with Crippen molar-refractivity contribution in [2.24, 2.45) is 5.92 Å². The monoisotopic (exact) mass is 369 g/mol. The molecule has 108 valence electrons. The smallest absolute Gasteiger partial charge is 0.323 e. The Balaban J connectivity index is 2.96. The van der Waals surface area contributed by atoms with Gasteiger partial charge in [-0.25, -0.2) is 8.42 Å². The lowest BCUT2D eigenvalue weighted by molar-refractivity contribution is -0.143. The molecular weight excluding hydrogens is 354 g/mol. The number of ether oxygens (including phenoxy) is 1. The molecule has 0 aromatic carbocycles. The highest BCUT2D eigenvalue weighted by molar-refractivity contribution is 9.10. The summed E-state index contributed by atoms with van der Waals surface area (Å²) >= 11 is 4.26. The van der Waals surface area contributed by atoms with Gasteiger partial charge >= 0.3 is 5.97 Å². The largest absolute Gasteiger partial charge is 0.468 e. The molecule has 1 heterocycles. The molecule has 1 atom stereocenters. The minimum absolute atomic E-state index is 0.158. The van der Waals surface area contributed by atoms with Crippen LogP contribution >= 0.6 is 27.3 Å². The van der Waals surface area contributed by atoms with Crippen molar-refractivity contribution in [3.05, 3.63) is 15.9 Å². The molecule has 0 aliphatic carbocycles. The van der Waals surface area contributed by atoms with Crippen LogP contribution in [0.2, 0.25) is 0 Å². The summed E-state index contributed by atoms with van der Waals surface area (Å²) in [6.07, 6.45) is 0.384. The Morgan fingerprint density at radius 2 is 2.16 bits per heavy atom. The Labute approximate surface area is 125 Å². The summed E-state index contributed by atoms with van der Waals surface area (Å²) in [6.45, 7) is 3.82. The summed E-state index contributed by atoms with van der Waals surface area (Å²) in [5.41, 5.74) is 0. The van der Waals surface area contributed by atoms with Gasteiger partial charge in [-0.15, -0.1) is 11.3 Å². The van der Waals surface area contributed by atoms with Gasteiger partial charge in [0.25, 0.3) is 10.0 Å². The molecule has 1 aromatic rings. The number of carbonyl (C=O) groups is 1. The second-order valence-corrected chi connectivity index (χ2v) is 8.06. The number of hydrogen-bond donors (Lipinski definition) is 1. The van der Waals surface area contributed by atoms with Gasteiger partial charge in [-0.1, -0.05) is 13.8 Å². The Morgan fingerprint density at radius 1 is 1.53 bits per heavy atom. The van der Waals surface area contributed by atoms with E-state index in [1.54, 1.807) is 11.4 Å². The summed E-state index contributed by atoms with van der Waals surface area (Å²) in [6, 6.07) is 0.776. The molecule has 0 spiro atoms. The van der Waals surface area contributed by atoms with E-state index in [9.17, 15) is 13.2 Å². The van der Waals surface area contributed by atoms with Crippen LogP contribution in [0.15, 0.2) is 20.1 Å². The van der Waals surface area contributed by atoms with Crippen molar-refractivity contribution in [3.8, 4) is 0 Å². The third kappa shape index (κ3) is 4.55. The zero-order valence-corrected chi connectivity index (χ0v) is 14.1. The van der Waals surface area contributed by atoms with Gasteiger partial charge in [-0.2, -0.15) is 4.72 Å². The SMILES string of the molecule is COC(=O)C(CC(C)C)NS(=O)(=O)c1sccc1Br. The molecule has 5 nitrogen and oxygen atoms in total. The van der Waals surface area contributed by atoms with Crippen molar-refractivity contribution >= 4 is 43.3 Å². The Morgan fingerprint density at radius 3 is 2.58 bits per heavy atom. The predicted octanol–water partition coefficient (Wildman–Crippen LogP) is 2.38. The molecule has 1 unspecified atom stereocenters. The fourth-order valence-corrected chi connectivity index (χ4v) is 5.07. The number of carbonyl (C=O) groups excluding carboxylic acids is 1. The van der Waals surface area contributed by atoms with Crippen LogP contribution in [-0.4, -0.2) is 27.5 Å². The molecule has 1 rings (SSSR count). The molecule has 0 saturated heterocycles. The van der Waals surface area contributed by atoms with Crippen molar-refractivity contribution in [1.29, 1.82) is 0 Å². The van der Waals surface area contributed by atoms with E-state index in [0.29, 0.717) is 10.9 Å². The first-order chi connectivity index (χ1) is 8.77. The number of hydrogen-bond acceptors (Lipinski definition) is 5. The van der Waals surface area contributed by atoms with Crippen molar-refractivity contribution in [1.82, 2.24) is 4.72 Å². The number of halogens is 1. The Kier molecular flexibility index (Phi) is 5.97. The van der Waals surface area contributed by atoms with E-state index in [2.05, 4.69) is 25.4 Å². The lowest BCUT2D eigenvalue weighted by Crippen LogP contribution is -2.42. The van der Waals surface area contributed by atoms with Crippen LogP contribution < -0.4 is 4.72 Å². The van der Waals surface area contributed by atoms with E-state index in [-0.39, 0.29) is 10.1 Å². The number of nitrogens with one attached hydrogen (secondary N) is 1. The van der Waals surface area contributed by atoms with Crippen molar-refractivity contribution in [3.63, 3.8) is 0 Å². The highest BCUT2D eigenvalue weighted by Crippen LogP contribution is 2.27. The number of esters is 1. The summed E-state index contributed by atoms with van der Waals surface area (Å²) < 4.78 is 32.0. The molecule has 8 heteroatoms. The van der Waals surface area contributed by atoms with Gasteiger partial charge < -0.3 is 4.74 Å². The minimum atomic E-state index is -3.73. The van der Waals surface area contributed by atoms with Gasteiger partial charge in [0.15, 0.2) is 0 Å². The van der Waals surface area contributed by atoms with Crippen LogP contribution in [0.25, 0.3) is 0 Å². The molecular formula is C11H16BrNO4S2. The van der Waals surface area contributed by atoms with Crippen LogP contribution in [-0.2, 0) is 19.6 Å². The summed E-state index contributed by atoms with van der Waals surface area (Å²) in [5, 5.41) is 1.66. The van der Waals surface area contributed by atoms with E-state index in [0.717, 1.165) is 11.3 Å². The summed E-state index contributed by atoms with van der Waals surface area (Å²) in [7, 11) is -2.49. The number of thiophene rings is 1.